The molecule has 0 aliphatic rings. The Hall–Kier alpha value is -2.93. The Balaban J connectivity index is 1.56. The van der Waals surface area contributed by atoms with Gasteiger partial charge in [-0.2, -0.15) is 4.80 Å². The lowest BCUT2D eigenvalue weighted by molar-refractivity contribution is -0.132. The molecule has 0 spiro atoms. The number of halogens is 1. The smallest absolute Gasteiger partial charge is 0.246 e. The molecule has 27 heavy (non-hydrogen) atoms. The molecule has 2 aromatic carbocycles. The van der Waals surface area contributed by atoms with Crippen molar-refractivity contribution in [2.24, 2.45) is 0 Å². The van der Waals surface area contributed by atoms with E-state index in [1.165, 1.54) is 4.80 Å². The summed E-state index contributed by atoms with van der Waals surface area (Å²) >= 11 is 5.92. The van der Waals surface area contributed by atoms with E-state index in [0.717, 1.165) is 11.3 Å². The maximum atomic E-state index is 12.5. The van der Waals surface area contributed by atoms with Gasteiger partial charge in [0.05, 0.1) is 6.04 Å². The number of nitrogens with zero attached hydrogens (tertiary/aromatic N) is 5. The Morgan fingerprint density at radius 2 is 1.89 bits per heavy atom. The van der Waals surface area contributed by atoms with E-state index in [1.807, 2.05) is 61.5 Å². The average Bonchev–Trinajstić information content (AvgIpc) is 3.14. The second-order valence-corrected chi connectivity index (χ2v) is 6.51. The first-order valence-electron chi connectivity index (χ1n) is 8.48. The molecule has 0 saturated carbocycles. The van der Waals surface area contributed by atoms with Crippen LogP contribution < -0.4 is 4.74 Å². The molecule has 1 amide bonds. The van der Waals surface area contributed by atoms with Crippen LogP contribution >= 0.6 is 11.6 Å². The fourth-order valence-corrected chi connectivity index (χ4v) is 2.61. The number of tetrazole rings is 1. The van der Waals surface area contributed by atoms with Crippen LogP contribution in [0.2, 0.25) is 5.02 Å². The van der Waals surface area contributed by atoms with E-state index in [4.69, 9.17) is 16.3 Å². The predicted molar refractivity (Wildman–Crippen MR) is 101 cm³/mol. The van der Waals surface area contributed by atoms with Crippen LogP contribution in [-0.4, -0.2) is 38.1 Å². The molecule has 7 nitrogen and oxygen atoms in total. The molecule has 1 heterocycles. The number of ether oxygens (including phenoxy) is 1. The van der Waals surface area contributed by atoms with E-state index in [1.54, 1.807) is 11.9 Å². The molecule has 3 rings (SSSR count). The van der Waals surface area contributed by atoms with E-state index in [2.05, 4.69) is 15.4 Å². The van der Waals surface area contributed by atoms with Gasteiger partial charge in [0.2, 0.25) is 11.7 Å². The van der Waals surface area contributed by atoms with Crippen molar-refractivity contribution in [3.8, 4) is 5.75 Å². The monoisotopic (exact) mass is 385 g/mol. The minimum absolute atomic E-state index is 0.00671. The van der Waals surface area contributed by atoms with Crippen LogP contribution in [0.15, 0.2) is 54.6 Å². The minimum atomic E-state index is -0.120. The van der Waals surface area contributed by atoms with Gasteiger partial charge in [-0.1, -0.05) is 41.9 Å². The number of carbonyl (C=O) groups excluding carboxylic acids is 1. The number of benzene rings is 2. The number of hydrogen-bond acceptors (Lipinski definition) is 5. The summed E-state index contributed by atoms with van der Waals surface area (Å²) in [5, 5.41) is 12.7. The van der Waals surface area contributed by atoms with Gasteiger partial charge in [0.25, 0.3) is 0 Å². The van der Waals surface area contributed by atoms with Gasteiger partial charge >= 0.3 is 0 Å². The van der Waals surface area contributed by atoms with Crippen LogP contribution in [0.25, 0.3) is 0 Å². The van der Waals surface area contributed by atoms with E-state index < -0.39 is 0 Å². The van der Waals surface area contributed by atoms with Gasteiger partial charge in [-0.25, -0.2) is 0 Å². The molecule has 0 saturated heterocycles. The molecule has 0 radical (unpaired) electrons. The minimum Gasteiger partial charge on any atom is -0.485 e. The first-order chi connectivity index (χ1) is 13.0. The summed E-state index contributed by atoms with van der Waals surface area (Å²) in [6.45, 7) is 2.15. The number of aromatic nitrogens is 4. The summed E-state index contributed by atoms with van der Waals surface area (Å²) in [5.74, 6) is 1.02. The van der Waals surface area contributed by atoms with Gasteiger partial charge in [-0.05, 0) is 42.0 Å². The Morgan fingerprint density at radius 1 is 1.19 bits per heavy atom. The SMILES string of the molecule is CC(c1ccc(Cl)cc1)N(C)C(=O)Cn1nnc(COc2ccccc2)n1. The second kappa shape index (κ2) is 8.64. The first kappa shape index (κ1) is 18.8. The highest BCUT2D eigenvalue weighted by atomic mass is 35.5. The lowest BCUT2D eigenvalue weighted by atomic mass is 10.1. The molecule has 0 fully saturated rings. The molecular weight excluding hydrogens is 366 g/mol. The number of hydrogen-bond donors (Lipinski definition) is 0. The van der Waals surface area contributed by atoms with Gasteiger partial charge < -0.3 is 9.64 Å². The largest absolute Gasteiger partial charge is 0.485 e. The maximum Gasteiger partial charge on any atom is 0.246 e. The summed E-state index contributed by atoms with van der Waals surface area (Å²) in [5.41, 5.74) is 0.999. The van der Waals surface area contributed by atoms with Gasteiger partial charge in [0.15, 0.2) is 6.61 Å². The number of para-hydroxylation sites is 1. The third kappa shape index (κ3) is 5.04. The third-order valence-electron chi connectivity index (χ3n) is 4.21. The van der Waals surface area contributed by atoms with Crippen molar-refractivity contribution < 1.29 is 9.53 Å². The van der Waals surface area contributed by atoms with Crippen molar-refractivity contribution in [1.29, 1.82) is 0 Å². The molecule has 0 aliphatic heterocycles. The molecule has 1 atom stereocenters. The van der Waals surface area contributed by atoms with Crippen LogP contribution in [0.1, 0.15) is 24.4 Å². The second-order valence-electron chi connectivity index (χ2n) is 6.07. The van der Waals surface area contributed by atoms with Crippen LogP contribution in [0.4, 0.5) is 0 Å². The Labute approximate surface area is 162 Å². The summed E-state index contributed by atoms with van der Waals surface area (Å²) in [4.78, 5) is 15.4. The van der Waals surface area contributed by atoms with Gasteiger partial charge in [0, 0.05) is 12.1 Å². The zero-order chi connectivity index (χ0) is 19.2. The topological polar surface area (TPSA) is 73.1 Å². The predicted octanol–water partition coefficient (Wildman–Crippen LogP) is 3.13. The normalized spacial score (nSPS) is 11.8. The maximum absolute atomic E-state index is 12.5. The van der Waals surface area contributed by atoms with Gasteiger partial charge in [0.1, 0.15) is 12.3 Å². The summed E-state index contributed by atoms with van der Waals surface area (Å²) in [6.07, 6.45) is 0. The van der Waals surface area contributed by atoms with Crippen molar-refractivity contribution >= 4 is 17.5 Å². The Bertz CT molecular complexity index is 883. The van der Waals surface area contributed by atoms with Gasteiger partial charge in [-0.15, -0.1) is 10.2 Å². The van der Waals surface area contributed by atoms with Crippen LogP contribution in [0.3, 0.4) is 0 Å². The lowest BCUT2D eigenvalue weighted by Gasteiger charge is -2.25. The summed E-state index contributed by atoms with van der Waals surface area (Å²) in [7, 11) is 1.75. The van der Waals surface area contributed by atoms with Crippen molar-refractivity contribution in [3.63, 3.8) is 0 Å². The van der Waals surface area contributed by atoms with E-state index in [9.17, 15) is 4.79 Å². The van der Waals surface area contributed by atoms with Crippen LogP contribution in [-0.2, 0) is 17.9 Å². The quantitative estimate of drug-likeness (QED) is 0.624. The highest BCUT2D eigenvalue weighted by molar-refractivity contribution is 6.30. The summed E-state index contributed by atoms with van der Waals surface area (Å²) < 4.78 is 5.58. The third-order valence-corrected chi connectivity index (χ3v) is 4.46. The Kier molecular flexibility index (Phi) is 6.03. The Morgan fingerprint density at radius 3 is 2.59 bits per heavy atom. The fourth-order valence-electron chi connectivity index (χ4n) is 2.48. The lowest BCUT2D eigenvalue weighted by Crippen LogP contribution is -2.33. The molecule has 3 aromatic rings. The van der Waals surface area contributed by atoms with E-state index in [0.29, 0.717) is 10.8 Å². The van der Waals surface area contributed by atoms with Crippen molar-refractivity contribution in [3.05, 3.63) is 71.0 Å². The van der Waals surface area contributed by atoms with Crippen molar-refractivity contribution in [2.75, 3.05) is 7.05 Å². The number of rotatable bonds is 7. The molecular formula is C19H20ClN5O2. The number of likely N-dealkylation sites (N-methyl/N-ethyl adjacent to an activating group) is 1. The van der Waals surface area contributed by atoms with E-state index in [-0.39, 0.29) is 25.1 Å². The average molecular weight is 386 g/mol. The highest BCUT2D eigenvalue weighted by Crippen LogP contribution is 2.21. The van der Waals surface area contributed by atoms with Gasteiger partial charge in [-0.3, -0.25) is 4.79 Å². The van der Waals surface area contributed by atoms with Crippen molar-refractivity contribution in [1.82, 2.24) is 25.1 Å². The number of carbonyl (C=O) groups is 1. The molecule has 0 N–H and O–H groups in total. The van der Waals surface area contributed by atoms with Crippen LogP contribution in [0, 0.1) is 0 Å². The molecule has 140 valence electrons. The summed E-state index contributed by atoms with van der Waals surface area (Å²) in [6, 6.07) is 16.7. The molecule has 8 heteroatoms. The first-order valence-corrected chi connectivity index (χ1v) is 8.86. The molecule has 0 aliphatic carbocycles. The van der Waals surface area contributed by atoms with Crippen molar-refractivity contribution in [2.45, 2.75) is 26.1 Å². The highest BCUT2D eigenvalue weighted by Gasteiger charge is 2.19. The van der Waals surface area contributed by atoms with Crippen LogP contribution in [0.5, 0.6) is 5.75 Å². The van der Waals surface area contributed by atoms with E-state index >= 15 is 0 Å². The molecule has 1 aromatic heterocycles. The number of amides is 1. The zero-order valence-electron chi connectivity index (χ0n) is 15.1. The zero-order valence-corrected chi connectivity index (χ0v) is 15.9. The fraction of sp³-hybridized carbons (Fsp3) is 0.263. The standard InChI is InChI=1S/C19H20ClN5O2/c1-14(15-8-10-16(20)11-9-15)24(2)19(26)12-25-22-18(21-23-25)13-27-17-6-4-3-5-7-17/h3-11,14H,12-13H2,1-2H3. The molecule has 1 unspecified atom stereocenters. The molecule has 0 bridgehead atoms.